The van der Waals surface area contributed by atoms with E-state index >= 15 is 0 Å². The van der Waals surface area contributed by atoms with Crippen LogP contribution in [0.1, 0.15) is 21.6 Å². The molecule has 0 spiro atoms. The first-order valence-corrected chi connectivity index (χ1v) is 12.4. The highest BCUT2D eigenvalue weighted by molar-refractivity contribution is 6.43. The number of pyridine rings is 1. The lowest BCUT2D eigenvalue weighted by atomic mass is 10.0. The van der Waals surface area contributed by atoms with E-state index in [1.54, 1.807) is 28.5 Å². The van der Waals surface area contributed by atoms with Gasteiger partial charge in [-0.05, 0) is 66.9 Å². The average Bonchev–Trinajstić information content (AvgIpc) is 3.29. The molecule has 0 atom stereocenters. The number of aryl methyl sites for hydroxylation is 1. The van der Waals surface area contributed by atoms with Crippen LogP contribution in [0, 0.1) is 13.8 Å². The quantitative estimate of drug-likeness (QED) is 0.271. The Morgan fingerprint density at radius 2 is 1.69 bits per heavy atom. The fourth-order valence-corrected chi connectivity index (χ4v) is 5.14. The molecule has 2 aromatic carbocycles. The number of piperazine rings is 1. The average molecular weight is 502 g/mol. The molecule has 4 aromatic rings. The van der Waals surface area contributed by atoms with Crippen LogP contribution in [0.25, 0.3) is 16.6 Å². The molecule has 184 valence electrons. The van der Waals surface area contributed by atoms with Crippen molar-refractivity contribution in [2.24, 2.45) is 0 Å². The highest BCUT2D eigenvalue weighted by Gasteiger charge is 2.31. The summed E-state index contributed by atoms with van der Waals surface area (Å²) in [5, 5.41) is 0.442. The van der Waals surface area contributed by atoms with Crippen molar-refractivity contribution in [2.75, 3.05) is 38.2 Å². The number of fused-ring (bicyclic) bond motifs is 1. The van der Waals surface area contributed by atoms with Gasteiger partial charge in [0.25, 0.3) is 11.7 Å². The van der Waals surface area contributed by atoms with E-state index in [1.807, 2.05) is 36.5 Å². The van der Waals surface area contributed by atoms with Crippen molar-refractivity contribution in [3.05, 3.63) is 88.7 Å². The van der Waals surface area contributed by atoms with Crippen LogP contribution in [0.5, 0.6) is 5.75 Å². The molecule has 1 amide bonds. The first-order valence-electron chi connectivity index (χ1n) is 12.0. The van der Waals surface area contributed by atoms with Crippen LogP contribution in [0.3, 0.4) is 0 Å². The van der Waals surface area contributed by atoms with Crippen LogP contribution in [0.15, 0.2) is 66.9 Å². The SMILES string of the molecule is COc1ccc(-c2cc3ccccn3c2C(=O)C(=O)N2CCN(c3cccc(C)c3C)CC2)cc1Cl. The minimum Gasteiger partial charge on any atom is -0.495 e. The molecule has 7 heteroatoms. The van der Waals surface area contributed by atoms with Gasteiger partial charge in [0.1, 0.15) is 11.4 Å². The number of ether oxygens (including phenoxy) is 1. The van der Waals surface area contributed by atoms with Crippen molar-refractivity contribution in [3.8, 4) is 16.9 Å². The third-order valence-electron chi connectivity index (χ3n) is 7.04. The zero-order valence-electron chi connectivity index (χ0n) is 20.6. The van der Waals surface area contributed by atoms with E-state index in [-0.39, 0.29) is 0 Å². The Bertz CT molecular complexity index is 1470. The lowest BCUT2D eigenvalue weighted by Gasteiger charge is -2.36. The molecule has 1 fully saturated rings. The maximum absolute atomic E-state index is 13.7. The highest BCUT2D eigenvalue weighted by Crippen LogP contribution is 2.34. The third-order valence-corrected chi connectivity index (χ3v) is 7.33. The number of amides is 1. The van der Waals surface area contributed by atoms with Crippen LogP contribution < -0.4 is 9.64 Å². The Kier molecular flexibility index (Phi) is 6.46. The van der Waals surface area contributed by atoms with Gasteiger partial charge in [-0.25, -0.2) is 0 Å². The Morgan fingerprint density at radius 3 is 2.42 bits per heavy atom. The number of carbonyl (C=O) groups is 2. The summed E-state index contributed by atoms with van der Waals surface area (Å²) in [6, 6.07) is 19.2. The number of carbonyl (C=O) groups excluding carboxylic acids is 2. The number of anilines is 1. The smallest absolute Gasteiger partial charge is 0.296 e. The summed E-state index contributed by atoms with van der Waals surface area (Å²) in [5.74, 6) is -0.460. The molecule has 1 aliphatic heterocycles. The van der Waals surface area contributed by atoms with Gasteiger partial charge >= 0.3 is 0 Å². The summed E-state index contributed by atoms with van der Waals surface area (Å²) in [6.07, 6.45) is 1.81. The van der Waals surface area contributed by atoms with Gasteiger partial charge in [0.05, 0.1) is 12.1 Å². The monoisotopic (exact) mass is 501 g/mol. The predicted molar refractivity (Wildman–Crippen MR) is 143 cm³/mol. The Labute approximate surface area is 215 Å². The molecule has 2 aromatic heterocycles. The Balaban J connectivity index is 1.43. The fraction of sp³-hybridized carbons (Fsp3) is 0.241. The summed E-state index contributed by atoms with van der Waals surface area (Å²) >= 11 is 6.38. The molecule has 1 aliphatic rings. The first-order chi connectivity index (χ1) is 17.4. The number of ketones is 1. The second-order valence-corrected chi connectivity index (χ2v) is 9.49. The molecule has 5 rings (SSSR count). The summed E-state index contributed by atoms with van der Waals surface area (Å²) in [5.41, 5.74) is 6.26. The number of hydrogen-bond acceptors (Lipinski definition) is 4. The minimum atomic E-state index is -0.525. The number of rotatable bonds is 5. The van der Waals surface area contributed by atoms with Crippen molar-refractivity contribution >= 4 is 34.5 Å². The van der Waals surface area contributed by atoms with Crippen LogP contribution in [0.2, 0.25) is 5.02 Å². The molecule has 0 radical (unpaired) electrons. The van der Waals surface area contributed by atoms with E-state index in [9.17, 15) is 9.59 Å². The van der Waals surface area contributed by atoms with Gasteiger partial charge in [-0.2, -0.15) is 0 Å². The number of nitrogens with zero attached hydrogens (tertiary/aromatic N) is 3. The van der Waals surface area contributed by atoms with E-state index in [0.29, 0.717) is 48.2 Å². The van der Waals surface area contributed by atoms with Crippen LogP contribution in [0.4, 0.5) is 5.69 Å². The molecule has 0 bridgehead atoms. The first kappa shape index (κ1) is 23.9. The standard InChI is InChI=1S/C29H28ClN3O3/c1-19-7-6-9-25(20(19)2)31-13-15-32(16-14-31)29(35)28(34)27-23(18-22-8-4-5-12-33(22)27)21-10-11-26(36-3)24(30)17-21/h4-12,17-18H,13-16H2,1-3H3. The van der Waals surface area contributed by atoms with Gasteiger partial charge in [-0.1, -0.05) is 35.9 Å². The van der Waals surface area contributed by atoms with Crippen molar-refractivity contribution in [3.63, 3.8) is 0 Å². The number of halogens is 1. The summed E-state index contributed by atoms with van der Waals surface area (Å²) in [6.45, 7) is 6.57. The maximum Gasteiger partial charge on any atom is 0.296 e. The predicted octanol–water partition coefficient (Wildman–Crippen LogP) is 5.42. The van der Waals surface area contributed by atoms with Gasteiger partial charge in [-0.15, -0.1) is 0 Å². The molecule has 0 N–H and O–H groups in total. The summed E-state index contributed by atoms with van der Waals surface area (Å²) in [4.78, 5) is 31.1. The lowest BCUT2D eigenvalue weighted by Crippen LogP contribution is -2.51. The largest absolute Gasteiger partial charge is 0.495 e. The van der Waals surface area contributed by atoms with E-state index in [1.165, 1.54) is 16.8 Å². The van der Waals surface area contributed by atoms with Crippen LogP contribution in [-0.2, 0) is 4.79 Å². The number of benzene rings is 2. The van der Waals surface area contributed by atoms with Crippen molar-refractivity contribution in [1.29, 1.82) is 0 Å². The van der Waals surface area contributed by atoms with Crippen LogP contribution >= 0.6 is 11.6 Å². The molecule has 6 nitrogen and oxygen atoms in total. The normalized spacial score (nSPS) is 13.8. The van der Waals surface area contributed by atoms with Gasteiger partial charge < -0.3 is 18.9 Å². The fourth-order valence-electron chi connectivity index (χ4n) is 4.88. The van der Waals surface area contributed by atoms with Gasteiger partial charge in [0.15, 0.2) is 0 Å². The highest BCUT2D eigenvalue weighted by atomic mass is 35.5. The van der Waals surface area contributed by atoms with E-state index < -0.39 is 11.7 Å². The molecular weight excluding hydrogens is 474 g/mol. The van der Waals surface area contributed by atoms with E-state index in [4.69, 9.17) is 16.3 Å². The number of aromatic nitrogens is 1. The molecule has 0 unspecified atom stereocenters. The molecular formula is C29H28ClN3O3. The maximum atomic E-state index is 13.7. The van der Waals surface area contributed by atoms with Crippen molar-refractivity contribution in [2.45, 2.75) is 13.8 Å². The number of Topliss-reactive ketones (excluding diaryl/α,β-unsaturated/α-hetero) is 1. The summed E-state index contributed by atoms with van der Waals surface area (Å²) in [7, 11) is 1.56. The molecule has 3 heterocycles. The van der Waals surface area contributed by atoms with Crippen LogP contribution in [-0.4, -0.2) is 54.3 Å². The third kappa shape index (κ3) is 4.22. The zero-order valence-corrected chi connectivity index (χ0v) is 21.4. The summed E-state index contributed by atoms with van der Waals surface area (Å²) < 4.78 is 7.05. The Hall–Kier alpha value is -3.77. The van der Waals surface area contributed by atoms with Gasteiger partial charge in [0, 0.05) is 49.1 Å². The van der Waals surface area contributed by atoms with Crippen molar-refractivity contribution < 1.29 is 14.3 Å². The second-order valence-electron chi connectivity index (χ2n) is 9.08. The van der Waals surface area contributed by atoms with E-state index in [0.717, 1.165) is 11.1 Å². The molecule has 36 heavy (non-hydrogen) atoms. The minimum absolute atomic E-state index is 0.341. The van der Waals surface area contributed by atoms with Crippen molar-refractivity contribution in [1.82, 2.24) is 9.30 Å². The van der Waals surface area contributed by atoms with Gasteiger partial charge in [0.2, 0.25) is 0 Å². The number of methoxy groups -OCH3 is 1. The number of hydrogen-bond donors (Lipinski definition) is 0. The molecule has 0 saturated carbocycles. The molecule has 0 aliphatic carbocycles. The topological polar surface area (TPSA) is 54.3 Å². The van der Waals surface area contributed by atoms with Gasteiger partial charge in [-0.3, -0.25) is 9.59 Å². The van der Waals surface area contributed by atoms with E-state index in [2.05, 4.69) is 36.9 Å². The second kappa shape index (κ2) is 9.70. The molecule has 1 saturated heterocycles. The Morgan fingerprint density at radius 1 is 0.917 bits per heavy atom. The zero-order chi connectivity index (χ0) is 25.4. The lowest BCUT2D eigenvalue weighted by molar-refractivity contribution is -0.126.